The summed E-state index contributed by atoms with van der Waals surface area (Å²) < 4.78 is 10.7. The lowest BCUT2D eigenvalue weighted by molar-refractivity contribution is -0.385. The van der Waals surface area contributed by atoms with Gasteiger partial charge in [0.2, 0.25) is 11.7 Å². The van der Waals surface area contributed by atoms with Crippen LogP contribution in [0.1, 0.15) is 61.9 Å². The van der Waals surface area contributed by atoms with E-state index in [9.17, 15) is 34.1 Å². The normalized spacial score (nSPS) is 16.6. The molecule has 2 unspecified atom stereocenters. The minimum atomic E-state index is -1.40. The molecule has 0 saturated heterocycles. The topological polar surface area (TPSA) is 174 Å². The molecule has 2 aromatic carbocycles. The molecule has 242 valence electrons. The summed E-state index contributed by atoms with van der Waals surface area (Å²) in [4.78, 5) is 77.6. The summed E-state index contributed by atoms with van der Waals surface area (Å²) in [6.07, 6.45) is 2.09. The standard InChI is InChI=1S/C31H37ClN4O9/c1-3-27(37)35(25-13-9-8-12-23(25)34-30(40)22-16-21(32)14-15-24(22)36(42)43)26(19-44-18-20-10-6-5-7-11-20)29(39)31(41)33-17-28(38)45-4-2/h5-7,10-11,14-16,23,25-26H,3-4,8-9,12-13,17-19H2,1-2H3,(H,33,41)(H,34,40)/t23-,25?,26?/m1/s1. The number of amides is 3. The number of nitro groups is 1. The van der Waals surface area contributed by atoms with Crippen molar-refractivity contribution < 1.29 is 38.4 Å². The van der Waals surface area contributed by atoms with Gasteiger partial charge in [0, 0.05) is 23.6 Å². The molecule has 0 aliphatic heterocycles. The highest BCUT2D eigenvalue weighted by molar-refractivity contribution is 6.38. The van der Waals surface area contributed by atoms with E-state index in [1.54, 1.807) is 13.8 Å². The lowest BCUT2D eigenvalue weighted by Gasteiger charge is -2.43. The van der Waals surface area contributed by atoms with Gasteiger partial charge in [0.05, 0.1) is 30.8 Å². The summed E-state index contributed by atoms with van der Waals surface area (Å²) in [5.74, 6) is -4.07. The molecule has 3 amide bonds. The molecule has 0 aromatic heterocycles. The van der Waals surface area contributed by atoms with Gasteiger partial charge in [0.25, 0.3) is 17.5 Å². The van der Waals surface area contributed by atoms with Gasteiger partial charge in [-0.2, -0.15) is 0 Å². The second-order valence-corrected chi connectivity index (χ2v) is 10.8. The zero-order valence-electron chi connectivity index (χ0n) is 25.2. The first-order valence-electron chi connectivity index (χ1n) is 14.7. The Labute approximate surface area is 265 Å². The summed E-state index contributed by atoms with van der Waals surface area (Å²) in [5.41, 5.74) is 0.114. The van der Waals surface area contributed by atoms with Crippen molar-refractivity contribution in [1.29, 1.82) is 0 Å². The number of ether oxygens (including phenoxy) is 2. The molecule has 1 aliphatic carbocycles. The van der Waals surface area contributed by atoms with Crippen LogP contribution in [-0.2, 0) is 35.3 Å². The molecule has 3 atom stereocenters. The molecule has 45 heavy (non-hydrogen) atoms. The molecule has 1 saturated carbocycles. The number of rotatable bonds is 15. The van der Waals surface area contributed by atoms with Gasteiger partial charge in [-0.1, -0.05) is 61.7 Å². The van der Waals surface area contributed by atoms with Gasteiger partial charge in [0.15, 0.2) is 0 Å². The summed E-state index contributed by atoms with van der Waals surface area (Å²) in [5, 5.41) is 16.8. The van der Waals surface area contributed by atoms with E-state index in [4.69, 9.17) is 21.1 Å². The molecular weight excluding hydrogens is 608 g/mol. The van der Waals surface area contributed by atoms with Crippen molar-refractivity contribution in [3.63, 3.8) is 0 Å². The Morgan fingerprint density at radius 3 is 2.44 bits per heavy atom. The number of Topliss-reactive ketones (excluding diaryl/α,β-unsaturated/α-hetero) is 1. The summed E-state index contributed by atoms with van der Waals surface area (Å²) in [6, 6.07) is 9.88. The van der Waals surface area contributed by atoms with Crippen molar-refractivity contribution in [1.82, 2.24) is 15.5 Å². The number of esters is 1. The minimum absolute atomic E-state index is 0.0240. The second-order valence-electron chi connectivity index (χ2n) is 10.4. The number of nitrogens with one attached hydrogen (secondary N) is 2. The molecule has 0 radical (unpaired) electrons. The average molecular weight is 645 g/mol. The summed E-state index contributed by atoms with van der Waals surface area (Å²) in [6.45, 7) is 2.50. The van der Waals surface area contributed by atoms with E-state index in [0.717, 1.165) is 11.6 Å². The SMILES string of the molecule is CCOC(=O)CNC(=O)C(=O)C(COCc1ccccc1)N(C(=O)CC)C1CCCC[C@H]1NC(=O)c1cc(Cl)ccc1[N+](=O)[O-]. The predicted octanol–water partition coefficient (Wildman–Crippen LogP) is 3.36. The molecule has 0 bridgehead atoms. The van der Waals surface area contributed by atoms with Crippen LogP contribution >= 0.6 is 11.6 Å². The molecule has 13 nitrogen and oxygen atoms in total. The maximum absolute atomic E-state index is 13.7. The molecule has 2 aromatic rings. The zero-order valence-corrected chi connectivity index (χ0v) is 25.9. The van der Waals surface area contributed by atoms with Crippen LogP contribution in [-0.4, -0.2) is 77.2 Å². The third-order valence-corrected chi connectivity index (χ3v) is 7.58. The van der Waals surface area contributed by atoms with Crippen LogP contribution in [0.4, 0.5) is 5.69 Å². The van der Waals surface area contributed by atoms with Crippen LogP contribution in [0.15, 0.2) is 48.5 Å². The van der Waals surface area contributed by atoms with Gasteiger partial charge in [-0.15, -0.1) is 0 Å². The first kappa shape index (κ1) is 35.1. The molecule has 0 heterocycles. The fourth-order valence-corrected chi connectivity index (χ4v) is 5.40. The van der Waals surface area contributed by atoms with E-state index >= 15 is 0 Å². The van der Waals surface area contributed by atoms with E-state index in [0.29, 0.717) is 25.7 Å². The Morgan fingerprint density at radius 1 is 1.07 bits per heavy atom. The Morgan fingerprint density at radius 2 is 1.78 bits per heavy atom. The van der Waals surface area contributed by atoms with Crippen molar-refractivity contribution in [3.05, 3.63) is 74.8 Å². The van der Waals surface area contributed by atoms with Gasteiger partial charge in [-0.05, 0) is 37.5 Å². The van der Waals surface area contributed by atoms with E-state index < -0.39 is 64.8 Å². The first-order valence-corrected chi connectivity index (χ1v) is 15.1. The van der Waals surface area contributed by atoms with E-state index in [1.165, 1.54) is 17.0 Å². The number of hydrogen-bond acceptors (Lipinski definition) is 9. The highest BCUT2D eigenvalue weighted by Gasteiger charge is 2.42. The van der Waals surface area contributed by atoms with Gasteiger partial charge in [0.1, 0.15) is 18.2 Å². The number of carbonyl (C=O) groups excluding carboxylic acids is 5. The lowest BCUT2D eigenvalue weighted by atomic mass is 9.87. The van der Waals surface area contributed by atoms with Gasteiger partial charge in [-0.25, -0.2) is 0 Å². The van der Waals surface area contributed by atoms with Crippen LogP contribution in [0.25, 0.3) is 0 Å². The Bertz CT molecular complexity index is 1390. The van der Waals surface area contributed by atoms with Crippen LogP contribution in [0.2, 0.25) is 5.02 Å². The fourth-order valence-electron chi connectivity index (χ4n) is 5.23. The number of hydrogen-bond donors (Lipinski definition) is 2. The highest BCUT2D eigenvalue weighted by atomic mass is 35.5. The van der Waals surface area contributed by atoms with Crippen molar-refractivity contribution >= 4 is 46.8 Å². The molecule has 3 rings (SSSR count). The molecule has 2 N–H and O–H groups in total. The second kappa shape index (κ2) is 17.2. The Hall–Kier alpha value is -4.36. The summed E-state index contributed by atoms with van der Waals surface area (Å²) >= 11 is 6.04. The van der Waals surface area contributed by atoms with Crippen LogP contribution in [0.3, 0.4) is 0 Å². The highest BCUT2D eigenvalue weighted by Crippen LogP contribution is 2.28. The van der Waals surface area contributed by atoms with E-state index in [2.05, 4.69) is 10.6 Å². The van der Waals surface area contributed by atoms with Crippen LogP contribution in [0.5, 0.6) is 0 Å². The monoisotopic (exact) mass is 644 g/mol. The number of carbonyl (C=O) groups is 5. The maximum Gasteiger partial charge on any atom is 0.325 e. The number of nitro benzene ring substituents is 1. The Kier molecular flexibility index (Phi) is 13.4. The van der Waals surface area contributed by atoms with Gasteiger partial charge < -0.3 is 25.0 Å². The predicted molar refractivity (Wildman–Crippen MR) is 163 cm³/mol. The largest absolute Gasteiger partial charge is 0.465 e. The van der Waals surface area contributed by atoms with Crippen molar-refractivity contribution in [2.24, 2.45) is 0 Å². The molecule has 1 fully saturated rings. The number of benzene rings is 2. The molecule has 0 spiro atoms. The first-order chi connectivity index (χ1) is 21.6. The number of nitrogens with zero attached hydrogens (tertiary/aromatic N) is 2. The summed E-state index contributed by atoms with van der Waals surface area (Å²) in [7, 11) is 0. The number of ketones is 1. The third-order valence-electron chi connectivity index (χ3n) is 7.34. The van der Waals surface area contributed by atoms with Crippen molar-refractivity contribution in [2.75, 3.05) is 19.8 Å². The fraction of sp³-hybridized carbons (Fsp3) is 0.452. The minimum Gasteiger partial charge on any atom is -0.465 e. The van der Waals surface area contributed by atoms with E-state index in [-0.39, 0.29) is 36.8 Å². The smallest absolute Gasteiger partial charge is 0.325 e. The van der Waals surface area contributed by atoms with Gasteiger partial charge in [-0.3, -0.25) is 34.1 Å². The quantitative estimate of drug-likeness (QED) is 0.127. The van der Waals surface area contributed by atoms with Crippen molar-refractivity contribution in [2.45, 2.75) is 70.7 Å². The molecule has 1 aliphatic rings. The van der Waals surface area contributed by atoms with Crippen LogP contribution in [0, 0.1) is 10.1 Å². The average Bonchev–Trinajstić information content (AvgIpc) is 3.03. The maximum atomic E-state index is 13.7. The van der Waals surface area contributed by atoms with Crippen LogP contribution < -0.4 is 10.6 Å². The molecular formula is C31H37ClN4O9. The van der Waals surface area contributed by atoms with E-state index in [1.807, 2.05) is 30.3 Å². The third kappa shape index (κ3) is 9.82. The molecule has 14 heteroatoms. The zero-order chi connectivity index (χ0) is 32.9. The van der Waals surface area contributed by atoms with Gasteiger partial charge >= 0.3 is 5.97 Å². The van der Waals surface area contributed by atoms with Crippen molar-refractivity contribution in [3.8, 4) is 0 Å². The Balaban J connectivity index is 1.93. The number of halogens is 1. The lowest BCUT2D eigenvalue weighted by Crippen LogP contribution is -2.62.